The van der Waals surface area contributed by atoms with Gasteiger partial charge in [-0.2, -0.15) is 0 Å². The summed E-state index contributed by atoms with van der Waals surface area (Å²) in [5.41, 5.74) is 2.09. The maximum Gasteiger partial charge on any atom is 0.261 e. The van der Waals surface area contributed by atoms with Gasteiger partial charge in [-0.05, 0) is 43.7 Å². The van der Waals surface area contributed by atoms with Gasteiger partial charge in [0.1, 0.15) is 11.8 Å². The van der Waals surface area contributed by atoms with Crippen molar-refractivity contribution in [2.75, 3.05) is 13.7 Å². The summed E-state index contributed by atoms with van der Waals surface area (Å²) in [5, 5.41) is 3.18. The third-order valence-corrected chi connectivity index (χ3v) is 4.32. The average molecular weight is 375 g/mol. The molecule has 0 aliphatic heterocycles. The Kier molecular flexibility index (Phi) is 7.04. The van der Waals surface area contributed by atoms with Crippen LogP contribution in [0.1, 0.15) is 18.1 Å². The number of amides is 2. The predicted molar refractivity (Wildman–Crippen MR) is 102 cm³/mol. The number of hydrogen-bond donors (Lipinski definition) is 1. The summed E-state index contributed by atoms with van der Waals surface area (Å²) in [6.45, 7) is 3.87. The highest BCUT2D eigenvalue weighted by molar-refractivity contribution is 6.30. The van der Waals surface area contributed by atoms with Crippen LogP contribution in [-0.4, -0.2) is 36.4 Å². The first-order valence-corrected chi connectivity index (χ1v) is 8.73. The smallest absolute Gasteiger partial charge is 0.261 e. The normalized spacial score (nSPS) is 11.5. The number of carbonyl (C=O) groups is 2. The Labute approximate surface area is 158 Å². The highest BCUT2D eigenvalue weighted by atomic mass is 35.5. The molecule has 0 fully saturated rings. The molecule has 6 heteroatoms. The van der Waals surface area contributed by atoms with Crippen LogP contribution in [0.2, 0.25) is 5.02 Å². The third-order valence-electron chi connectivity index (χ3n) is 4.06. The molecule has 0 spiro atoms. The third kappa shape index (κ3) is 5.49. The van der Waals surface area contributed by atoms with Crippen LogP contribution in [0.4, 0.5) is 0 Å². The van der Waals surface area contributed by atoms with E-state index < -0.39 is 6.04 Å². The van der Waals surface area contributed by atoms with Crippen molar-refractivity contribution in [3.63, 3.8) is 0 Å². The van der Waals surface area contributed by atoms with Crippen LogP contribution in [0, 0.1) is 6.92 Å². The Bertz CT molecular complexity index is 745. The van der Waals surface area contributed by atoms with E-state index in [2.05, 4.69) is 5.32 Å². The van der Waals surface area contributed by atoms with Gasteiger partial charge in [-0.1, -0.05) is 41.4 Å². The van der Waals surface area contributed by atoms with E-state index in [4.69, 9.17) is 16.3 Å². The van der Waals surface area contributed by atoms with E-state index >= 15 is 0 Å². The monoisotopic (exact) mass is 374 g/mol. The minimum absolute atomic E-state index is 0.158. The summed E-state index contributed by atoms with van der Waals surface area (Å²) in [5.74, 6) is 0.0548. The van der Waals surface area contributed by atoms with Gasteiger partial charge in [-0.15, -0.1) is 0 Å². The zero-order chi connectivity index (χ0) is 19.1. The van der Waals surface area contributed by atoms with Gasteiger partial charge in [0, 0.05) is 18.6 Å². The van der Waals surface area contributed by atoms with Crippen LogP contribution in [0.15, 0.2) is 48.5 Å². The molecule has 0 unspecified atom stereocenters. The first-order chi connectivity index (χ1) is 12.4. The molecule has 0 saturated carbocycles. The van der Waals surface area contributed by atoms with Gasteiger partial charge in [-0.25, -0.2) is 0 Å². The molecule has 2 amide bonds. The second-order valence-corrected chi connectivity index (χ2v) is 6.48. The van der Waals surface area contributed by atoms with Gasteiger partial charge in [0.2, 0.25) is 5.91 Å². The minimum Gasteiger partial charge on any atom is -0.484 e. The molecule has 26 heavy (non-hydrogen) atoms. The van der Waals surface area contributed by atoms with Crippen molar-refractivity contribution < 1.29 is 14.3 Å². The first kappa shape index (κ1) is 19.8. The fraction of sp³-hybridized carbons (Fsp3) is 0.300. The fourth-order valence-corrected chi connectivity index (χ4v) is 2.57. The SMILES string of the molecule is CNC(=O)[C@@H](C)N(Cc1ccc(C)cc1)C(=O)COc1ccc(Cl)cc1. The molecular formula is C20H23ClN2O3. The molecule has 1 atom stereocenters. The van der Waals surface area contributed by atoms with Crippen molar-refractivity contribution in [3.05, 3.63) is 64.7 Å². The number of hydrogen-bond acceptors (Lipinski definition) is 3. The van der Waals surface area contributed by atoms with Gasteiger partial charge < -0.3 is 15.0 Å². The van der Waals surface area contributed by atoms with Crippen molar-refractivity contribution >= 4 is 23.4 Å². The molecule has 0 bridgehead atoms. The summed E-state index contributed by atoms with van der Waals surface area (Å²) >= 11 is 5.84. The van der Waals surface area contributed by atoms with Gasteiger partial charge in [0.15, 0.2) is 6.61 Å². The first-order valence-electron chi connectivity index (χ1n) is 8.35. The van der Waals surface area contributed by atoms with E-state index in [9.17, 15) is 9.59 Å². The molecular weight excluding hydrogens is 352 g/mol. The molecule has 2 rings (SSSR count). The molecule has 0 radical (unpaired) electrons. The zero-order valence-electron chi connectivity index (χ0n) is 15.2. The van der Waals surface area contributed by atoms with Crippen molar-refractivity contribution in [1.82, 2.24) is 10.2 Å². The molecule has 0 aliphatic carbocycles. The van der Waals surface area contributed by atoms with Crippen molar-refractivity contribution in [2.45, 2.75) is 26.4 Å². The summed E-state index contributed by atoms with van der Waals surface area (Å²) < 4.78 is 5.54. The van der Waals surface area contributed by atoms with Crippen LogP contribution in [0.3, 0.4) is 0 Å². The van der Waals surface area contributed by atoms with Crippen LogP contribution in [0.5, 0.6) is 5.75 Å². The second kappa shape index (κ2) is 9.25. The molecule has 0 aliphatic rings. The Balaban J connectivity index is 2.10. The molecule has 1 N–H and O–H groups in total. The zero-order valence-corrected chi connectivity index (χ0v) is 15.9. The Morgan fingerprint density at radius 3 is 2.31 bits per heavy atom. The number of benzene rings is 2. The highest BCUT2D eigenvalue weighted by Crippen LogP contribution is 2.16. The standard InChI is InChI=1S/C20H23ClN2O3/c1-14-4-6-16(7-5-14)12-23(15(2)20(25)22-3)19(24)13-26-18-10-8-17(21)9-11-18/h4-11,15H,12-13H2,1-3H3,(H,22,25)/t15-/m1/s1. The van der Waals surface area contributed by atoms with Crippen molar-refractivity contribution in [3.8, 4) is 5.75 Å². The lowest BCUT2D eigenvalue weighted by Crippen LogP contribution is -2.48. The summed E-state index contributed by atoms with van der Waals surface area (Å²) in [6.07, 6.45) is 0. The van der Waals surface area contributed by atoms with Crippen LogP contribution < -0.4 is 10.1 Å². The largest absolute Gasteiger partial charge is 0.484 e. The number of likely N-dealkylation sites (N-methyl/N-ethyl adjacent to an activating group) is 1. The number of nitrogens with zero attached hydrogens (tertiary/aromatic N) is 1. The number of halogens is 1. The van der Waals surface area contributed by atoms with E-state index in [1.165, 1.54) is 4.90 Å². The summed E-state index contributed by atoms with van der Waals surface area (Å²) in [4.78, 5) is 26.3. The lowest BCUT2D eigenvalue weighted by atomic mass is 10.1. The Hall–Kier alpha value is -2.53. The van der Waals surface area contributed by atoms with Gasteiger partial charge >= 0.3 is 0 Å². The molecule has 2 aromatic rings. The van der Waals surface area contributed by atoms with Crippen molar-refractivity contribution in [1.29, 1.82) is 0 Å². The van der Waals surface area contributed by atoms with E-state index in [0.717, 1.165) is 11.1 Å². The lowest BCUT2D eigenvalue weighted by molar-refractivity contribution is -0.142. The topological polar surface area (TPSA) is 58.6 Å². The Morgan fingerprint density at radius 1 is 1.12 bits per heavy atom. The van der Waals surface area contributed by atoms with Crippen LogP contribution in [0.25, 0.3) is 0 Å². The quantitative estimate of drug-likeness (QED) is 0.809. The lowest BCUT2D eigenvalue weighted by Gasteiger charge is -2.28. The minimum atomic E-state index is -0.609. The number of aryl methyl sites for hydroxylation is 1. The van der Waals surface area contributed by atoms with Gasteiger partial charge in [0.05, 0.1) is 0 Å². The van der Waals surface area contributed by atoms with E-state index in [1.54, 1.807) is 38.2 Å². The number of rotatable bonds is 7. The van der Waals surface area contributed by atoms with E-state index in [0.29, 0.717) is 17.3 Å². The summed E-state index contributed by atoms with van der Waals surface area (Å²) in [7, 11) is 1.55. The molecule has 0 saturated heterocycles. The van der Waals surface area contributed by atoms with E-state index in [1.807, 2.05) is 31.2 Å². The molecule has 138 valence electrons. The highest BCUT2D eigenvalue weighted by Gasteiger charge is 2.25. The Morgan fingerprint density at radius 2 is 1.73 bits per heavy atom. The maximum atomic E-state index is 12.7. The predicted octanol–water partition coefficient (Wildman–Crippen LogP) is 3.19. The van der Waals surface area contributed by atoms with Gasteiger partial charge in [-0.3, -0.25) is 9.59 Å². The number of carbonyl (C=O) groups excluding carboxylic acids is 2. The molecule has 0 heterocycles. The number of ether oxygens (including phenoxy) is 1. The van der Waals surface area contributed by atoms with Crippen LogP contribution in [-0.2, 0) is 16.1 Å². The molecule has 5 nitrogen and oxygen atoms in total. The molecule has 0 aromatic heterocycles. The summed E-state index contributed by atoms with van der Waals surface area (Å²) in [6, 6.07) is 14.0. The van der Waals surface area contributed by atoms with E-state index in [-0.39, 0.29) is 18.4 Å². The maximum absolute atomic E-state index is 12.7. The van der Waals surface area contributed by atoms with Crippen LogP contribution >= 0.6 is 11.6 Å². The fourth-order valence-electron chi connectivity index (χ4n) is 2.44. The average Bonchev–Trinajstić information content (AvgIpc) is 2.65. The van der Waals surface area contributed by atoms with Gasteiger partial charge in [0.25, 0.3) is 5.91 Å². The second-order valence-electron chi connectivity index (χ2n) is 6.04. The molecule has 2 aromatic carbocycles. The number of nitrogens with one attached hydrogen (secondary N) is 1. The van der Waals surface area contributed by atoms with Crippen molar-refractivity contribution in [2.24, 2.45) is 0 Å².